The molecule has 0 fully saturated rings. The van der Waals surface area contributed by atoms with E-state index in [0.717, 1.165) is 11.0 Å². The van der Waals surface area contributed by atoms with E-state index in [9.17, 15) is 13.2 Å². The Balaban J connectivity index is 0.000000172. The van der Waals surface area contributed by atoms with Crippen LogP contribution in [0.2, 0.25) is 0 Å². The Hall–Kier alpha value is -1.61. The number of halogens is 3. The van der Waals surface area contributed by atoms with Crippen LogP contribution in [-0.4, -0.2) is 28.4 Å². The number of imidazole rings is 1. The number of aromatic nitrogens is 2. The fourth-order valence-electron chi connectivity index (χ4n) is 0.880. The molecule has 0 atom stereocenters. The molecule has 0 saturated heterocycles. The molecule has 0 unspecified atom stereocenters. The van der Waals surface area contributed by atoms with Crippen molar-refractivity contribution < 1.29 is 26.1 Å². The quantitative estimate of drug-likeness (QED) is 0.565. The fourth-order valence-corrected chi connectivity index (χ4v) is 0.880. The van der Waals surface area contributed by atoms with Crippen LogP contribution in [0.1, 0.15) is 0 Å². The molecule has 0 aliphatic carbocycles. The summed E-state index contributed by atoms with van der Waals surface area (Å²) in [5.41, 5.74) is -3.41. The zero-order valence-electron chi connectivity index (χ0n) is 8.14. The topological polar surface area (TPSA) is 83.0 Å². The van der Waals surface area contributed by atoms with Gasteiger partial charge in [0.05, 0.1) is 17.4 Å². The highest BCUT2D eigenvalue weighted by Gasteiger charge is 2.44. The average Bonchev–Trinajstić information content (AvgIpc) is 2.62. The van der Waals surface area contributed by atoms with Crippen molar-refractivity contribution in [3.05, 3.63) is 30.6 Å². The van der Waals surface area contributed by atoms with E-state index in [0.29, 0.717) is 0 Å². The van der Waals surface area contributed by atoms with E-state index in [2.05, 4.69) is 9.97 Å². The Morgan fingerprint density at radius 3 is 2.24 bits per heavy atom. The number of nitrogens with zero attached hydrogens (tertiary/aromatic N) is 1. The molecule has 2 rings (SSSR count). The van der Waals surface area contributed by atoms with E-state index in [-0.39, 0.29) is 0 Å². The number of hydrogen-bond acceptors (Lipinski definition) is 3. The molecular weight excluding hydrogens is 261 g/mol. The molecule has 5 nitrogen and oxygen atoms in total. The van der Waals surface area contributed by atoms with Crippen LogP contribution in [0.4, 0.5) is 13.2 Å². The van der Waals surface area contributed by atoms with Crippen molar-refractivity contribution in [1.29, 1.82) is 0 Å². The minimum atomic E-state index is -5.84. The predicted molar refractivity (Wildman–Crippen MR) is 53.7 cm³/mol. The van der Waals surface area contributed by atoms with Gasteiger partial charge in [0.1, 0.15) is 0 Å². The van der Waals surface area contributed by atoms with Gasteiger partial charge in [0.2, 0.25) is 0 Å². The number of alkyl halides is 3. The third-order valence-corrected chi connectivity index (χ3v) is 2.21. The SMILES string of the molecule is O=S(=O)(O)C(F)(F)F.c1ccc2[nH]cnc2c1. The monoisotopic (exact) mass is 268 g/mol. The molecule has 0 radical (unpaired) electrons. The summed E-state index contributed by atoms with van der Waals surface area (Å²) in [6, 6.07) is 7.94. The second kappa shape index (κ2) is 4.72. The molecule has 2 aromatic rings. The minimum Gasteiger partial charge on any atom is -0.345 e. The van der Waals surface area contributed by atoms with Crippen LogP contribution in [0.5, 0.6) is 0 Å². The van der Waals surface area contributed by atoms with Crippen molar-refractivity contribution in [2.45, 2.75) is 5.51 Å². The lowest BCUT2D eigenvalue weighted by molar-refractivity contribution is -0.0510. The van der Waals surface area contributed by atoms with Crippen molar-refractivity contribution >= 4 is 21.2 Å². The van der Waals surface area contributed by atoms with Crippen LogP contribution >= 0.6 is 0 Å². The Labute approximate surface area is 94.0 Å². The van der Waals surface area contributed by atoms with E-state index in [1.54, 1.807) is 6.33 Å². The van der Waals surface area contributed by atoms with Crippen LogP contribution in [-0.2, 0) is 10.1 Å². The minimum absolute atomic E-state index is 1.03. The standard InChI is InChI=1S/C7H6N2.CHF3O3S/c1-2-4-7-6(3-1)8-5-9-7;2-1(3,4)8(5,6)7/h1-5H,(H,8,9);(H,5,6,7). The number of aromatic amines is 1. The first-order valence-electron chi connectivity index (χ1n) is 4.13. The Morgan fingerprint density at radius 1 is 1.24 bits per heavy atom. The predicted octanol–water partition coefficient (Wildman–Crippen LogP) is 1.96. The van der Waals surface area contributed by atoms with Crippen LogP contribution < -0.4 is 0 Å². The first-order valence-corrected chi connectivity index (χ1v) is 5.57. The van der Waals surface area contributed by atoms with Crippen LogP contribution in [0, 0.1) is 0 Å². The number of hydrogen-bond donors (Lipinski definition) is 2. The molecule has 17 heavy (non-hydrogen) atoms. The van der Waals surface area contributed by atoms with Gasteiger partial charge in [-0.3, -0.25) is 4.55 Å². The third-order valence-electron chi connectivity index (χ3n) is 1.62. The maximum atomic E-state index is 10.7. The summed E-state index contributed by atoms with van der Waals surface area (Å²) < 4.78 is 57.5. The highest BCUT2D eigenvalue weighted by molar-refractivity contribution is 7.86. The molecular formula is C8H7F3N2O3S. The summed E-state index contributed by atoms with van der Waals surface area (Å²) in [6.45, 7) is 0. The van der Waals surface area contributed by atoms with Crippen molar-refractivity contribution in [3.63, 3.8) is 0 Å². The van der Waals surface area contributed by atoms with Crippen molar-refractivity contribution in [1.82, 2.24) is 9.97 Å². The van der Waals surface area contributed by atoms with Gasteiger partial charge in [0, 0.05) is 0 Å². The molecule has 94 valence electrons. The smallest absolute Gasteiger partial charge is 0.345 e. The number of para-hydroxylation sites is 2. The maximum Gasteiger partial charge on any atom is 0.522 e. The van der Waals surface area contributed by atoms with Crippen molar-refractivity contribution in [3.8, 4) is 0 Å². The summed E-state index contributed by atoms with van der Waals surface area (Å²) in [5.74, 6) is 0. The zero-order chi connectivity index (χ0) is 13.1. The Kier molecular flexibility index (Phi) is 3.73. The zero-order valence-corrected chi connectivity index (χ0v) is 8.96. The highest BCUT2D eigenvalue weighted by atomic mass is 32.2. The Morgan fingerprint density at radius 2 is 1.76 bits per heavy atom. The summed E-state index contributed by atoms with van der Waals surface area (Å²) in [4.78, 5) is 7.07. The van der Waals surface area contributed by atoms with Gasteiger partial charge in [-0.2, -0.15) is 21.6 Å². The van der Waals surface area contributed by atoms with Gasteiger partial charge in [0.25, 0.3) is 0 Å². The first kappa shape index (κ1) is 13.5. The van der Waals surface area contributed by atoms with E-state index in [1.165, 1.54) is 0 Å². The van der Waals surface area contributed by atoms with Crippen LogP contribution in [0.25, 0.3) is 11.0 Å². The van der Waals surface area contributed by atoms with Gasteiger partial charge in [-0.1, -0.05) is 12.1 Å². The summed E-state index contributed by atoms with van der Waals surface area (Å²) in [5, 5.41) is 0. The lowest BCUT2D eigenvalue weighted by Gasteiger charge is -1.97. The normalized spacial score (nSPS) is 12.0. The number of fused-ring (bicyclic) bond motifs is 1. The molecule has 2 N–H and O–H groups in total. The molecule has 0 spiro atoms. The van der Waals surface area contributed by atoms with Gasteiger partial charge in [-0.25, -0.2) is 4.98 Å². The van der Waals surface area contributed by atoms with Crippen LogP contribution in [0.15, 0.2) is 30.6 Å². The maximum absolute atomic E-state index is 10.7. The molecule has 9 heteroatoms. The van der Waals surface area contributed by atoms with E-state index in [4.69, 9.17) is 13.0 Å². The van der Waals surface area contributed by atoms with Gasteiger partial charge in [0.15, 0.2) is 0 Å². The molecule has 0 aliphatic heterocycles. The summed E-state index contributed by atoms with van der Waals surface area (Å²) in [6.07, 6.45) is 1.70. The fraction of sp³-hybridized carbons (Fsp3) is 0.125. The number of nitrogens with one attached hydrogen (secondary N) is 1. The van der Waals surface area contributed by atoms with Gasteiger partial charge >= 0.3 is 15.6 Å². The van der Waals surface area contributed by atoms with Crippen molar-refractivity contribution in [2.75, 3.05) is 0 Å². The summed E-state index contributed by atoms with van der Waals surface area (Å²) in [7, 11) is -5.84. The van der Waals surface area contributed by atoms with Crippen molar-refractivity contribution in [2.24, 2.45) is 0 Å². The molecule has 1 aromatic heterocycles. The largest absolute Gasteiger partial charge is 0.522 e. The second-order valence-electron chi connectivity index (χ2n) is 2.84. The van der Waals surface area contributed by atoms with E-state index in [1.807, 2.05) is 24.3 Å². The number of H-pyrrole nitrogens is 1. The van der Waals surface area contributed by atoms with Gasteiger partial charge in [-0.05, 0) is 12.1 Å². The average molecular weight is 268 g/mol. The Bertz CT molecular complexity index is 561. The molecule has 0 saturated carbocycles. The molecule has 1 heterocycles. The molecule has 0 aliphatic rings. The molecule has 1 aromatic carbocycles. The lowest BCUT2D eigenvalue weighted by atomic mass is 10.3. The molecule has 0 bridgehead atoms. The molecule has 0 amide bonds. The first-order chi connectivity index (χ1) is 7.72. The summed E-state index contributed by atoms with van der Waals surface area (Å²) >= 11 is 0. The van der Waals surface area contributed by atoms with E-state index < -0.39 is 15.6 Å². The second-order valence-corrected chi connectivity index (χ2v) is 4.25. The number of benzene rings is 1. The third kappa shape index (κ3) is 3.71. The van der Waals surface area contributed by atoms with E-state index >= 15 is 0 Å². The number of rotatable bonds is 0. The highest BCUT2D eigenvalue weighted by Crippen LogP contribution is 2.20. The van der Waals surface area contributed by atoms with Crippen LogP contribution in [0.3, 0.4) is 0 Å². The lowest BCUT2D eigenvalue weighted by Crippen LogP contribution is -2.21. The van der Waals surface area contributed by atoms with Gasteiger partial charge < -0.3 is 4.98 Å². The van der Waals surface area contributed by atoms with Gasteiger partial charge in [-0.15, -0.1) is 0 Å².